The van der Waals surface area contributed by atoms with Crippen molar-refractivity contribution in [1.29, 1.82) is 0 Å². The highest BCUT2D eigenvalue weighted by atomic mass is 35.5. The lowest BCUT2D eigenvalue weighted by atomic mass is 10.1. The van der Waals surface area contributed by atoms with Crippen molar-refractivity contribution in [2.24, 2.45) is 16.5 Å². The summed E-state index contributed by atoms with van der Waals surface area (Å²) in [5, 5.41) is 0.472. The molecule has 1 aromatic heterocycles. The number of benzene rings is 1. The van der Waals surface area contributed by atoms with E-state index in [1.54, 1.807) is 31.5 Å². The first-order chi connectivity index (χ1) is 9.10. The second-order valence-corrected chi connectivity index (χ2v) is 4.19. The fourth-order valence-electron chi connectivity index (χ4n) is 1.59. The molecule has 4 N–H and O–H groups in total. The summed E-state index contributed by atoms with van der Waals surface area (Å²) in [5.74, 6) is 0.681. The molecule has 0 saturated heterocycles. The summed E-state index contributed by atoms with van der Waals surface area (Å²) in [5.41, 5.74) is 12.8. The zero-order valence-corrected chi connectivity index (χ0v) is 11.1. The maximum Gasteiger partial charge on any atom is 0.191 e. The standard InChI is InChI=1S/C13H13ClN4O/c1-19-9-4-5-17-11(7-9)8-2-3-10(14)12(6-8)18-13(15)16/h2-7H,1H3,(H4,15,16,18). The molecule has 0 spiro atoms. The molecule has 0 bridgehead atoms. The number of guanidine groups is 1. The van der Waals surface area contributed by atoms with Crippen molar-refractivity contribution in [3.8, 4) is 17.0 Å². The van der Waals surface area contributed by atoms with Crippen LogP contribution in [0.25, 0.3) is 11.3 Å². The summed E-state index contributed by atoms with van der Waals surface area (Å²) in [6.45, 7) is 0. The predicted molar refractivity (Wildman–Crippen MR) is 76.7 cm³/mol. The lowest BCUT2D eigenvalue weighted by Crippen LogP contribution is -2.21. The van der Waals surface area contributed by atoms with Crippen LogP contribution in [0.15, 0.2) is 41.5 Å². The summed E-state index contributed by atoms with van der Waals surface area (Å²) in [7, 11) is 1.60. The number of rotatable bonds is 3. The van der Waals surface area contributed by atoms with Gasteiger partial charge in [-0.05, 0) is 18.2 Å². The fourth-order valence-corrected chi connectivity index (χ4v) is 1.75. The Labute approximate surface area is 115 Å². The van der Waals surface area contributed by atoms with E-state index in [0.29, 0.717) is 10.7 Å². The molecule has 2 rings (SSSR count). The van der Waals surface area contributed by atoms with E-state index in [2.05, 4.69) is 9.98 Å². The van der Waals surface area contributed by atoms with Gasteiger partial charge >= 0.3 is 0 Å². The minimum absolute atomic E-state index is 0.0438. The molecule has 98 valence electrons. The zero-order chi connectivity index (χ0) is 13.8. The van der Waals surface area contributed by atoms with Crippen LogP contribution in [0.4, 0.5) is 5.69 Å². The maximum atomic E-state index is 6.02. The minimum Gasteiger partial charge on any atom is -0.497 e. The molecule has 6 heteroatoms. The number of halogens is 1. The molecule has 0 atom stereocenters. The predicted octanol–water partition coefficient (Wildman–Crippen LogP) is 2.32. The Morgan fingerprint density at radius 3 is 2.74 bits per heavy atom. The first-order valence-electron chi connectivity index (χ1n) is 5.50. The average Bonchev–Trinajstić information content (AvgIpc) is 2.41. The third kappa shape index (κ3) is 3.14. The Hall–Kier alpha value is -2.27. The Kier molecular flexibility index (Phi) is 3.87. The van der Waals surface area contributed by atoms with Crippen molar-refractivity contribution >= 4 is 23.2 Å². The monoisotopic (exact) mass is 276 g/mol. The summed E-state index contributed by atoms with van der Waals surface area (Å²) in [6, 6.07) is 8.93. The van der Waals surface area contributed by atoms with Crippen LogP contribution >= 0.6 is 11.6 Å². The summed E-state index contributed by atoms with van der Waals surface area (Å²) in [4.78, 5) is 8.24. The van der Waals surface area contributed by atoms with Gasteiger partial charge in [-0.25, -0.2) is 4.99 Å². The number of nitrogens with zero attached hydrogens (tertiary/aromatic N) is 2. The van der Waals surface area contributed by atoms with Crippen molar-refractivity contribution in [1.82, 2.24) is 4.98 Å². The highest BCUT2D eigenvalue weighted by Crippen LogP contribution is 2.30. The molecule has 5 nitrogen and oxygen atoms in total. The molecule has 0 aliphatic heterocycles. The third-order valence-electron chi connectivity index (χ3n) is 2.46. The van der Waals surface area contributed by atoms with Gasteiger partial charge in [-0.3, -0.25) is 4.98 Å². The fraction of sp³-hybridized carbons (Fsp3) is 0.0769. The highest BCUT2D eigenvalue weighted by molar-refractivity contribution is 6.33. The smallest absolute Gasteiger partial charge is 0.191 e. The van der Waals surface area contributed by atoms with Crippen molar-refractivity contribution in [2.45, 2.75) is 0 Å². The van der Waals surface area contributed by atoms with Gasteiger partial charge in [0.15, 0.2) is 5.96 Å². The van der Waals surface area contributed by atoms with Gasteiger partial charge in [0.1, 0.15) is 5.75 Å². The molecule has 1 aromatic carbocycles. The number of aromatic nitrogens is 1. The van der Waals surface area contributed by atoms with Gasteiger partial charge < -0.3 is 16.2 Å². The van der Waals surface area contributed by atoms with Crippen molar-refractivity contribution < 1.29 is 4.74 Å². The second-order valence-electron chi connectivity index (χ2n) is 3.78. The van der Waals surface area contributed by atoms with Gasteiger partial charge in [-0.2, -0.15) is 0 Å². The number of pyridine rings is 1. The van der Waals surface area contributed by atoms with E-state index in [-0.39, 0.29) is 5.96 Å². The topological polar surface area (TPSA) is 86.5 Å². The summed E-state index contributed by atoms with van der Waals surface area (Å²) < 4.78 is 5.16. The molecule has 1 heterocycles. The van der Waals surface area contributed by atoms with Crippen LogP contribution in [-0.2, 0) is 0 Å². The third-order valence-corrected chi connectivity index (χ3v) is 2.78. The molecular weight excluding hydrogens is 264 g/mol. The molecule has 0 saturated carbocycles. The van der Waals surface area contributed by atoms with Crippen molar-refractivity contribution in [3.05, 3.63) is 41.6 Å². The number of ether oxygens (including phenoxy) is 1. The Bertz CT molecular complexity index is 624. The van der Waals surface area contributed by atoms with E-state index >= 15 is 0 Å². The first-order valence-corrected chi connectivity index (χ1v) is 5.87. The van der Waals surface area contributed by atoms with E-state index in [1.165, 1.54) is 0 Å². The molecular formula is C13H13ClN4O. The van der Waals surface area contributed by atoms with Gasteiger partial charge in [-0.15, -0.1) is 0 Å². The first kappa shape index (κ1) is 13.2. The molecule has 0 aliphatic carbocycles. The van der Waals surface area contributed by atoms with Crippen LogP contribution < -0.4 is 16.2 Å². The average molecular weight is 277 g/mol. The molecule has 0 unspecified atom stereocenters. The van der Waals surface area contributed by atoms with Crippen LogP contribution in [-0.4, -0.2) is 18.1 Å². The lowest BCUT2D eigenvalue weighted by Gasteiger charge is -2.06. The summed E-state index contributed by atoms with van der Waals surface area (Å²) >= 11 is 6.02. The Balaban J connectivity index is 2.48. The molecule has 0 fully saturated rings. The normalized spacial score (nSPS) is 10.0. The molecule has 0 radical (unpaired) electrons. The maximum absolute atomic E-state index is 6.02. The summed E-state index contributed by atoms with van der Waals surface area (Å²) in [6.07, 6.45) is 1.67. The van der Waals surface area contributed by atoms with Crippen LogP contribution in [0.1, 0.15) is 0 Å². The number of methoxy groups -OCH3 is 1. The van der Waals surface area contributed by atoms with E-state index < -0.39 is 0 Å². The van der Waals surface area contributed by atoms with Gasteiger partial charge in [0, 0.05) is 17.8 Å². The van der Waals surface area contributed by atoms with Crippen molar-refractivity contribution in [3.63, 3.8) is 0 Å². The SMILES string of the molecule is COc1ccnc(-c2ccc(Cl)c(N=C(N)N)c2)c1. The van der Waals surface area contributed by atoms with Gasteiger partial charge in [0.2, 0.25) is 0 Å². The number of nitrogens with two attached hydrogens (primary N) is 2. The van der Waals surface area contributed by atoms with E-state index in [9.17, 15) is 0 Å². The van der Waals surface area contributed by atoms with Gasteiger partial charge in [0.05, 0.1) is 23.5 Å². The molecule has 2 aromatic rings. The van der Waals surface area contributed by atoms with Crippen LogP contribution in [0.2, 0.25) is 5.02 Å². The zero-order valence-electron chi connectivity index (χ0n) is 10.3. The molecule has 0 aliphatic rings. The quantitative estimate of drug-likeness (QED) is 0.665. The van der Waals surface area contributed by atoms with Crippen LogP contribution in [0.3, 0.4) is 0 Å². The van der Waals surface area contributed by atoms with Crippen LogP contribution in [0, 0.1) is 0 Å². The Morgan fingerprint density at radius 1 is 1.26 bits per heavy atom. The largest absolute Gasteiger partial charge is 0.497 e. The van der Waals surface area contributed by atoms with Gasteiger partial charge in [0.25, 0.3) is 0 Å². The minimum atomic E-state index is -0.0438. The molecule has 0 amide bonds. The highest BCUT2D eigenvalue weighted by Gasteiger charge is 2.05. The van der Waals surface area contributed by atoms with Crippen LogP contribution in [0.5, 0.6) is 5.75 Å². The molecule has 19 heavy (non-hydrogen) atoms. The number of aliphatic imine (C=N–C) groups is 1. The second kappa shape index (κ2) is 5.58. The van der Waals surface area contributed by atoms with E-state index in [4.69, 9.17) is 27.8 Å². The van der Waals surface area contributed by atoms with Crippen molar-refractivity contribution in [2.75, 3.05) is 7.11 Å². The van der Waals surface area contributed by atoms with E-state index in [1.807, 2.05) is 12.1 Å². The Morgan fingerprint density at radius 2 is 2.05 bits per heavy atom. The number of hydrogen-bond donors (Lipinski definition) is 2. The van der Waals surface area contributed by atoms with E-state index in [0.717, 1.165) is 17.0 Å². The number of hydrogen-bond acceptors (Lipinski definition) is 3. The lowest BCUT2D eigenvalue weighted by molar-refractivity contribution is 0.414. The van der Waals surface area contributed by atoms with Gasteiger partial charge in [-0.1, -0.05) is 17.7 Å².